The fourth-order valence-corrected chi connectivity index (χ4v) is 1.92. The summed E-state index contributed by atoms with van der Waals surface area (Å²) in [5, 5.41) is 6.86. The summed E-state index contributed by atoms with van der Waals surface area (Å²) in [5.41, 5.74) is 7.13. The first-order valence-electron chi connectivity index (χ1n) is 6.51. The maximum absolute atomic E-state index is 12.3. The lowest BCUT2D eigenvalue weighted by atomic mass is 10.2. The molecule has 0 radical (unpaired) electrons. The first-order chi connectivity index (χ1) is 9.67. The second kappa shape index (κ2) is 6.10. The number of nitrogens with zero attached hydrogens (tertiary/aromatic N) is 2. The van der Waals surface area contributed by atoms with Gasteiger partial charge < -0.3 is 15.8 Å². The van der Waals surface area contributed by atoms with Crippen LogP contribution in [0, 0.1) is 0 Å². The van der Waals surface area contributed by atoms with E-state index in [0.717, 1.165) is 0 Å². The number of nitrogens with two attached hydrogens (primary N) is 1. The normalized spacial score (nSPS) is 10.3. The van der Waals surface area contributed by atoms with Gasteiger partial charge in [-0.15, -0.1) is 0 Å². The van der Waals surface area contributed by atoms with Crippen molar-refractivity contribution in [3.8, 4) is 5.75 Å². The molecule has 0 spiro atoms. The summed E-state index contributed by atoms with van der Waals surface area (Å²) < 4.78 is 7.04. The largest absolute Gasteiger partial charge is 0.492 e. The van der Waals surface area contributed by atoms with Gasteiger partial charge in [-0.1, -0.05) is 12.1 Å². The van der Waals surface area contributed by atoms with Gasteiger partial charge in [-0.25, -0.2) is 0 Å². The third kappa shape index (κ3) is 2.74. The van der Waals surface area contributed by atoms with Crippen molar-refractivity contribution in [1.82, 2.24) is 9.78 Å². The van der Waals surface area contributed by atoms with E-state index in [1.54, 1.807) is 16.8 Å². The standard InChI is InChI=1S/C14H18N4O2/c1-3-18-13(10(15)9-16-18)14(19)17-11-7-5-6-8-12(11)20-4-2/h5-9H,3-4,15H2,1-2H3,(H,17,19). The SMILES string of the molecule is CCOc1ccccc1NC(=O)c1c(N)cnn1CC. The van der Waals surface area contributed by atoms with Crippen LogP contribution in [0.25, 0.3) is 0 Å². The van der Waals surface area contributed by atoms with Crippen molar-refractivity contribution in [2.24, 2.45) is 0 Å². The van der Waals surface area contributed by atoms with Crippen LogP contribution in [0.4, 0.5) is 11.4 Å². The van der Waals surface area contributed by atoms with E-state index in [-0.39, 0.29) is 5.91 Å². The van der Waals surface area contributed by atoms with Crippen molar-refractivity contribution in [1.29, 1.82) is 0 Å². The molecule has 0 aliphatic rings. The number of nitrogens with one attached hydrogen (secondary N) is 1. The molecule has 1 aromatic carbocycles. The molecule has 2 rings (SSSR count). The van der Waals surface area contributed by atoms with Crippen molar-refractivity contribution >= 4 is 17.3 Å². The Bertz CT molecular complexity index is 607. The number of nitrogen functional groups attached to an aromatic ring is 1. The monoisotopic (exact) mass is 274 g/mol. The zero-order valence-electron chi connectivity index (χ0n) is 11.6. The summed E-state index contributed by atoms with van der Waals surface area (Å²) >= 11 is 0. The number of aryl methyl sites for hydroxylation is 1. The minimum absolute atomic E-state index is 0.297. The van der Waals surface area contributed by atoms with E-state index in [1.807, 2.05) is 26.0 Å². The summed E-state index contributed by atoms with van der Waals surface area (Å²) in [4.78, 5) is 12.3. The van der Waals surface area contributed by atoms with Crippen molar-refractivity contribution in [2.45, 2.75) is 20.4 Å². The Balaban J connectivity index is 2.26. The molecule has 0 atom stereocenters. The van der Waals surface area contributed by atoms with Crippen molar-refractivity contribution in [2.75, 3.05) is 17.7 Å². The molecule has 0 fully saturated rings. The highest BCUT2D eigenvalue weighted by Crippen LogP contribution is 2.25. The average molecular weight is 274 g/mol. The van der Waals surface area contributed by atoms with E-state index >= 15 is 0 Å². The molecule has 1 amide bonds. The van der Waals surface area contributed by atoms with Crippen LogP contribution in [0.2, 0.25) is 0 Å². The zero-order chi connectivity index (χ0) is 14.5. The summed E-state index contributed by atoms with van der Waals surface area (Å²) in [6, 6.07) is 7.27. The maximum atomic E-state index is 12.3. The second-order valence-corrected chi connectivity index (χ2v) is 4.15. The van der Waals surface area contributed by atoms with Crippen LogP contribution in [0.15, 0.2) is 30.5 Å². The number of hydrogen-bond acceptors (Lipinski definition) is 4. The number of hydrogen-bond donors (Lipinski definition) is 2. The van der Waals surface area contributed by atoms with Gasteiger partial charge in [-0.05, 0) is 26.0 Å². The highest BCUT2D eigenvalue weighted by Gasteiger charge is 2.17. The second-order valence-electron chi connectivity index (χ2n) is 4.15. The van der Waals surface area contributed by atoms with Crippen LogP contribution >= 0.6 is 0 Å². The van der Waals surface area contributed by atoms with E-state index in [1.165, 1.54) is 6.20 Å². The van der Waals surface area contributed by atoms with Crippen molar-refractivity contribution in [3.63, 3.8) is 0 Å². The van der Waals surface area contributed by atoms with Gasteiger partial charge in [0.05, 0.1) is 24.2 Å². The summed E-state index contributed by atoms with van der Waals surface area (Å²) in [7, 11) is 0. The first kappa shape index (κ1) is 13.9. The van der Waals surface area contributed by atoms with Crippen LogP contribution in [0.3, 0.4) is 0 Å². The van der Waals surface area contributed by atoms with Crippen LogP contribution < -0.4 is 15.8 Å². The van der Waals surface area contributed by atoms with Gasteiger partial charge in [0.25, 0.3) is 5.91 Å². The van der Waals surface area contributed by atoms with E-state index in [9.17, 15) is 4.79 Å². The number of rotatable bonds is 5. The molecule has 0 bridgehead atoms. The Kier molecular flexibility index (Phi) is 4.24. The van der Waals surface area contributed by atoms with Gasteiger partial charge >= 0.3 is 0 Å². The van der Waals surface area contributed by atoms with E-state index in [0.29, 0.717) is 36.0 Å². The number of amides is 1. The summed E-state index contributed by atoms with van der Waals surface area (Å²) in [5.74, 6) is 0.332. The maximum Gasteiger partial charge on any atom is 0.276 e. The minimum atomic E-state index is -0.297. The third-order valence-corrected chi connectivity index (χ3v) is 2.82. The molecule has 1 heterocycles. The van der Waals surface area contributed by atoms with E-state index < -0.39 is 0 Å². The van der Waals surface area contributed by atoms with Gasteiger partial charge in [-0.2, -0.15) is 5.10 Å². The zero-order valence-corrected chi connectivity index (χ0v) is 11.6. The summed E-state index contributed by atoms with van der Waals surface area (Å²) in [6.45, 7) is 4.90. The highest BCUT2D eigenvalue weighted by atomic mass is 16.5. The van der Waals surface area contributed by atoms with Gasteiger partial charge in [0.15, 0.2) is 0 Å². The van der Waals surface area contributed by atoms with Crippen LogP contribution in [0.1, 0.15) is 24.3 Å². The predicted molar refractivity (Wildman–Crippen MR) is 77.9 cm³/mol. The van der Waals surface area contributed by atoms with Gasteiger partial charge in [0.1, 0.15) is 11.4 Å². The molecule has 0 saturated carbocycles. The number of benzene rings is 1. The Morgan fingerprint density at radius 1 is 1.40 bits per heavy atom. The van der Waals surface area contributed by atoms with Crippen molar-refractivity contribution < 1.29 is 9.53 Å². The van der Waals surface area contributed by atoms with Crippen molar-refractivity contribution in [3.05, 3.63) is 36.2 Å². The van der Waals surface area contributed by atoms with Gasteiger partial charge in [-0.3, -0.25) is 9.48 Å². The first-order valence-corrected chi connectivity index (χ1v) is 6.51. The number of para-hydroxylation sites is 2. The lowest BCUT2D eigenvalue weighted by molar-refractivity contribution is 0.101. The van der Waals surface area contributed by atoms with E-state index in [2.05, 4.69) is 10.4 Å². The molecule has 3 N–H and O–H groups in total. The van der Waals surface area contributed by atoms with Gasteiger partial charge in [0.2, 0.25) is 0 Å². The average Bonchev–Trinajstić information content (AvgIpc) is 2.82. The fourth-order valence-electron chi connectivity index (χ4n) is 1.92. The molecule has 20 heavy (non-hydrogen) atoms. The molecule has 0 saturated heterocycles. The number of ether oxygens (including phenoxy) is 1. The molecular formula is C14H18N4O2. The molecular weight excluding hydrogens is 256 g/mol. The molecule has 0 unspecified atom stereocenters. The van der Waals surface area contributed by atoms with Crippen LogP contribution in [-0.2, 0) is 6.54 Å². The highest BCUT2D eigenvalue weighted by molar-refractivity contribution is 6.07. The number of anilines is 2. The van der Waals surface area contributed by atoms with E-state index in [4.69, 9.17) is 10.5 Å². The van der Waals surface area contributed by atoms with Crippen LogP contribution in [0.5, 0.6) is 5.75 Å². The topological polar surface area (TPSA) is 82.2 Å². The third-order valence-electron chi connectivity index (χ3n) is 2.82. The number of carbonyl (C=O) groups excluding carboxylic acids is 1. The molecule has 2 aromatic rings. The Morgan fingerprint density at radius 2 is 2.15 bits per heavy atom. The quantitative estimate of drug-likeness (QED) is 0.875. The Morgan fingerprint density at radius 3 is 2.85 bits per heavy atom. The summed E-state index contributed by atoms with van der Waals surface area (Å²) in [6.07, 6.45) is 1.48. The lowest BCUT2D eigenvalue weighted by Gasteiger charge is -2.12. The Hall–Kier alpha value is -2.50. The predicted octanol–water partition coefficient (Wildman–Crippen LogP) is 2.14. The smallest absolute Gasteiger partial charge is 0.276 e. The molecule has 0 aliphatic heterocycles. The molecule has 6 nitrogen and oxygen atoms in total. The Labute approximate surface area is 117 Å². The fraction of sp³-hybridized carbons (Fsp3) is 0.286. The van der Waals surface area contributed by atoms with Crippen LogP contribution in [-0.4, -0.2) is 22.3 Å². The molecule has 106 valence electrons. The molecule has 0 aliphatic carbocycles. The number of aromatic nitrogens is 2. The molecule has 6 heteroatoms. The minimum Gasteiger partial charge on any atom is -0.492 e. The van der Waals surface area contributed by atoms with Gasteiger partial charge in [0, 0.05) is 6.54 Å². The molecule has 1 aromatic heterocycles. The number of carbonyl (C=O) groups is 1. The lowest BCUT2D eigenvalue weighted by Crippen LogP contribution is -2.19.